The Hall–Kier alpha value is -2.15. The molecule has 0 saturated carbocycles. The molecule has 1 aromatic rings. The number of rotatable bonds is 4. The highest BCUT2D eigenvalue weighted by Gasteiger charge is 2.19. The number of nitrogens with one attached hydrogen (secondary N) is 1. The fourth-order valence-electron chi connectivity index (χ4n) is 1.57. The topological polar surface area (TPSA) is 95.7 Å². The zero-order valence-corrected chi connectivity index (χ0v) is 11.1. The van der Waals surface area contributed by atoms with Gasteiger partial charge >= 0.3 is 6.03 Å². The van der Waals surface area contributed by atoms with Crippen molar-refractivity contribution in [1.29, 1.82) is 0 Å². The first kappa shape index (κ1) is 14.9. The van der Waals surface area contributed by atoms with Gasteiger partial charge in [0.2, 0.25) is 0 Å². The Bertz CT molecular complexity index is 482. The van der Waals surface area contributed by atoms with Crippen molar-refractivity contribution in [2.75, 3.05) is 18.9 Å². The Labute approximate surface area is 111 Å². The molecule has 0 aliphatic heterocycles. The summed E-state index contributed by atoms with van der Waals surface area (Å²) in [5, 5.41) is 22.7. The van der Waals surface area contributed by atoms with Crippen molar-refractivity contribution in [2.45, 2.75) is 19.4 Å². The lowest BCUT2D eigenvalue weighted by molar-refractivity contribution is -0.384. The second kappa shape index (κ2) is 5.66. The predicted molar refractivity (Wildman–Crippen MR) is 71.0 cm³/mol. The molecule has 0 aliphatic rings. The van der Waals surface area contributed by atoms with E-state index in [0.717, 1.165) is 0 Å². The second-order valence-electron chi connectivity index (χ2n) is 4.91. The van der Waals surface area contributed by atoms with E-state index in [1.54, 1.807) is 19.9 Å². The molecule has 0 saturated heterocycles. The molecule has 0 atom stereocenters. The summed E-state index contributed by atoms with van der Waals surface area (Å²) >= 11 is 0. The molecule has 0 bridgehead atoms. The molecular formula is C12H17N3O4. The Balaban J connectivity index is 2.71. The van der Waals surface area contributed by atoms with Crippen LogP contribution in [-0.4, -0.2) is 40.2 Å². The Morgan fingerprint density at radius 1 is 1.53 bits per heavy atom. The van der Waals surface area contributed by atoms with Gasteiger partial charge in [-0.25, -0.2) is 4.79 Å². The molecule has 0 spiro atoms. The van der Waals surface area contributed by atoms with Crippen LogP contribution in [0.4, 0.5) is 16.2 Å². The smallest absolute Gasteiger partial charge is 0.321 e. The standard InChI is InChI=1S/C12H17N3O4/c1-12(2,17)8-14(3)11(16)13-9-5-4-6-10(7-9)15(18)19/h4-7,17H,8H2,1-3H3,(H,13,16). The maximum atomic E-state index is 11.8. The highest BCUT2D eigenvalue weighted by Crippen LogP contribution is 2.17. The fourth-order valence-corrected chi connectivity index (χ4v) is 1.57. The molecule has 0 radical (unpaired) electrons. The quantitative estimate of drug-likeness (QED) is 0.642. The van der Waals surface area contributed by atoms with Crippen LogP contribution in [0.3, 0.4) is 0 Å². The van der Waals surface area contributed by atoms with Gasteiger partial charge in [-0.15, -0.1) is 0 Å². The molecule has 0 unspecified atom stereocenters. The number of hydrogen-bond donors (Lipinski definition) is 2. The molecule has 7 heteroatoms. The Morgan fingerprint density at radius 3 is 2.68 bits per heavy atom. The average Bonchev–Trinajstić information content (AvgIpc) is 2.27. The highest BCUT2D eigenvalue weighted by molar-refractivity contribution is 5.89. The summed E-state index contributed by atoms with van der Waals surface area (Å²) in [4.78, 5) is 23.2. The van der Waals surface area contributed by atoms with E-state index >= 15 is 0 Å². The van der Waals surface area contributed by atoms with Crippen LogP contribution in [0.25, 0.3) is 0 Å². The van der Waals surface area contributed by atoms with E-state index in [-0.39, 0.29) is 12.2 Å². The number of aliphatic hydroxyl groups is 1. The first-order valence-electron chi connectivity index (χ1n) is 5.68. The van der Waals surface area contributed by atoms with Gasteiger partial charge in [-0.05, 0) is 19.9 Å². The summed E-state index contributed by atoms with van der Waals surface area (Å²) in [5.41, 5.74) is -0.765. The number of urea groups is 1. The third kappa shape index (κ3) is 4.92. The number of carbonyl (C=O) groups excluding carboxylic acids is 1. The zero-order valence-electron chi connectivity index (χ0n) is 11.1. The normalized spacial score (nSPS) is 10.9. The lowest BCUT2D eigenvalue weighted by Gasteiger charge is -2.25. The van der Waals surface area contributed by atoms with Crippen LogP contribution in [0, 0.1) is 10.1 Å². The van der Waals surface area contributed by atoms with Crippen LogP contribution in [0.15, 0.2) is 24.3 Å². The second-order valence-corrected chi connectivity index (χ2v) is 4.91. The number of non-ortho nitro benzene ring substituents is 1. The average molecular weight is 267 g/mol. The fraction of sp³-hybridized carbons (Fsp3) is 0.417. The first-order chi connectivity index (χ1) is 8.69. The summed E-state index contributed by atoms with van der Waals surface area (Å²) < 4.78 is 0. The minimum Gasteiger partial charge on any atom is -0.389 e. The van der Waals surface area contributed by atoms with Crippen molar-refractivity contribution >= 4 is 17.4 Å². The van der Waals surface area contributed by atoms with Crippen LogP contribution in [0.1, 0.15) is 13.8 Å². The van der Waals surface area contributed by atoms with Crippen molar-refractivity contribution in [3.63, 3.8) is 0 Å². The number of likely N-dealkylation sites (N-methyl/N-ethyl adjacent to an activating group) is 1. The molecular weight excluding hydrogens is 250 g/mol. The van der Waals surface area contributed by atoms with E-state index in [9.17, 15) is 20.0 Å². The minimum atomic E-state index is -1.01. The molecule has 7 nitrogen and oxygen atoms in total. The van der Waals surface area contributed by atoms with E-state index in [4.69, 9.17) is 0 Å². The minimum absolute atomic E-state index is 0.0945. The lowest BCUT2D eigenvalue weighted by Crippen LogP contribution is -2.41. The van der Waals surface area contributed by atoms with E-state index in [1.165, 1.54) is 30.1 Å². The van der Waals surface area contributed by atoms with Gasteiger partial charge in [0.05, 0.1) is 17.1 Å². The first-order valence-corrected chi connectivity index (χ1v) is 5.68. The number of amides is 2. The van der Waals surface area contributed by atoms with Crippen LogP contribution in [-0.2, 0) is 0 Å². The van der Waals surface area contributed by atoms with E-state index in [0.29, 0.717) is 5.69 Å². The molecule has 2 N–H and O–H groups in total. The van der Waals surface area contributed by atoms with Gasteiger partial charge in [0, 0.05) is 24.9 Å². The number of nitro benzene ring substituents is 1. The van der Waals surface area contributed by atoms with Crippen molar-refractivity contribution < 1.29 is 14.8 Å². The number of nitrogens with zero attached hydrogens (tertiary/aromatic N) is 2. The lowest BCUT2D eigenvalue weighted by atomic mass is 10.1. The molecule has 1 aromatic carbocycles. The van der Waals surface area contributed by atoms with Crippen LogP contribution in [0.2, 0.25) is 0 Å². The molecule has 0 fully saturated rings. The molecule has 1 rings (SSSR count). The van der Waals surface area contributed by atoms with E-state index in [2.05, 4.69) is 5.32 Å². The third-order valence-electron chi connectivity index (χ3n) is 2.28. The number of nitro groups is 1. The largest absolute Gasteiger partial charge is 0.389 e. The van der Waals surface area contributed by atoms with Crippen molar-refractivity contribution in [2.24, 2.45) is 0 Å². The summed E-state index contributed by atoms with van der Waals surface area (Å²) in [6.45, 7) is 3.32. The van der Waals surface area contributed by atoms with Crippen LogP contribution < -0.4 is 5.32 Å². The molecule has 0 aromatic heterocycles. The van der Waals surface area contributed by atoms with Crippen molar-refractivity contribution in [3.05, 3.63) is 34.4 Å². The van der Waals surface area contributed by atoms with E-state index in [1.807, 2.05) is 0 Å². The Morgan fingerprint density at radius 2 is 2.16 bits per heavy atom. The summed E-state index contributed by atoms with van der Waals surface area (Å²) in [6, 6.07) is 5.22. The van der Waals surface area contributed by atoms with Crippen LogP contribution >= 0.6 is 0 Å². The van der Waals surface area contributed by atoms with Gasteiger partial charge in [0.15, 0.2) is 0 Å². The number of benzene rings is 1. The number of hydrogen-bond acceptors (Lipinski definition) is 4. The van der Waals surface area contributed by atoms with Crippen LogP contribution in [0.5, 0.6) is 0 Å². The van der Waals surface area contributed by atoms with Gasteiger partial charge in [0.1, 0.15) is 0 Å². The molecule has 19 heavy (non-hydrogen) atoms. The molecule has 0 heterocycles. The third-order valence-corrected chi connectivity index (χ3v) is 2.28. The molecule has 2 amide bonds. The van der Waals surface area contributed by atoms with E-state index < -0.39 is 16.6 Å². The zero-order chi connectivity index (χ0) is 14.6. The number of anilines is 1. The predicted octanol–water partition coefficient (Wildman–Crippen LogP) is 1.83. The van der Waals surface area contributed by atoms with Gasteiger partial charge in [-0.3, -0.25) is 10.1 Å². The molecule has 0 aliphatic carbocycles. The Kier molecular flexibility index (Phi) is 4.44. The van der Waals surface area contributed by atoms with Crippen molar-refractivity contribution in [1.82, 2.24) is 4.90 Å². The van der Waals surface area contributed by atoms with Gasteiger partial charge in [0.25, 0.3) is 5.69 Å². The highest BCUT2D eigenvalue weighted by atomic mass is 16.6. The number of carbonyl (C=O) groups is 1. The summed E-state index contributed by atoms with van der Waals surface area (Å²) in [7, 11) is 1.53. The maximum Gasteiger partial charge on any atom is 0.321 e. The van der Waals surface area contributed by atoms with Gasteiger partial charge in [-0.1, -0.05) is 6.07 Å². The summed E-state index contributed by atoms with van der Waals surface area (Å²) in [5.74, 6) is 0. The maximum absolute atomic E-state index is 11.8. The monoisotopic (exact) mass is 267 g/mol. The molecule has 104 valence electrons. The summed E-state index contributed by atoms with van der Waals surface area (Å²) in [6.07, 6.45) is 0. The van der Waals surface area contributed by atoms with Crippen molar-refractivity contribution in [3.8, 4) is 0 Å². The SMILES string of the molecule is CN(CC(C)(C)O)C(=O)Nc1cccc([N+](=O)[O-])c1. The van der Waals surface area contributed by atoms with Gasteiger partial charge < -0.3 is 15.3 Å². The van der Waals surface area contributed by atoms with Gasteiger partial charge in [-0.2, -0.15) is 0 Å².